The molecule has 0 aliphatic heterocycles. The molecule has 2 N–H and O–H groups in total. The molecular formula is C8H5N3S. The van der Waals surface area contributed by atoms with Gasteiger partial charge in [-0.25, -0.2) is 0 Å². The SMILES string of the molecule is N#Cc1ccc2[nH]c(=S)[nH]c2c1. The summed E-state index contributed by atoms with van der Waals surface area (Å²) >= 11 is 4.90. The number of nitriles is 1. The minimum atomic E-state index is 0.583. The predicted octanol–water partition coefficient (Wildman–Crippen LogP) is 2.10. The van der Waals surface area contributed by atoms with Crippen LogP contribution in [0.1, 0.15) is 5.56 Å². The van der Waals surface area contributed by atoms with Crippen LogP contribution in [0, 0.1) is 16.1 Å². The Hall–Kier alpha value is -1.60. The molecule has 12 heavy (non-hydrogen) atoms. The third kappa shape index (κ3) is 1.00. The van der Waals surface area contributed by atoms with Gasteiger partial charge in [-0.2, -0.15) is 5.26 Å². The van der Waals surface area contributed by atoms with Gasteiger partial charge in [0.1, 0.15) is 0 Å². The normalized spacial score (nSPS) is 9.92. The summed E-state index contributed by atoms with van der Waals surface area (Å²) < 4.78 is 0.583. The van der Waals surface area contributed by atoms with Crippen LogP contribution in [0.2, 0.25) is 0 Å². The second-order valence-corrected chi connectivity index (χ2v) is 2.86. The van der Waals surface area contributed by atoms with Gasteiger partial charge < -0.3 is 9.97 Å². The first-order valence-electron chi connectivity index (χ1n) is 3.42. The molecule has 0 saturated carbocycles. The van der Waals surface area contributed by atoms with Crippen LogP contribution in [-0.2, 0) is 0 Å². The summed E-state index contributed by atoms with van der Waals surface area (Å²) in [4.78, 5) is 5.90. The van der Waals surface area contributed by atoms with Gasteiger partial charge in [0.25, 0.3) is 0 Å². The molecule has 0 aliphatic rings. The minimum absolute atomic E-state index is 0.583. The van der Waals surface area contributed by atoms with E-state index in [4.69, 9.17) is 17.5 Å². The van der Waals surface area contributed by atoms with Gasteiger partial charge in [-0.15, -0.1) is 0 Å². The lowest BCUT2D eigenvalue weighted by Crippen LogP contribution is -1.73. The van der Waals surface area contributed by atoms with E-state index in [9.17, 15) is 0 Å². The highest BCUT2D eigenvalue weighted by Gasteiger charge is 1.96. The maximum absolute atomic E-state index is 8.60. The van der Waals surface area contributed by atoms with E-state index in [2.05, 4.69) is 16.0 Å². The Morgan fingerprint density at radius 2 is 2.00 bits per heavy atom. The molecule has 0 fully saturated rings. The fraction of sp³-hybridized carbons (Fsp3) is 0. The second-order valence-electron chi connectivity index (χ2n) is 2.45. The first-order chi connectivity index (χ1) is 5.79. The Balaban J connectivity index is 2.85. The largest absolute Gasteiger partial charge is 0.331 e. The van der Waals surface area contributed by atoms with Gasteiger partial charge in [-0.3, -0.25) is 0 Å². The standard InChI is InChI=1S/C8H5N3S/c9-4-5-1-2-6-7(3-5)11-8(12)10-6/h1-3H,(H2,10,11,12). The monoisotopic (exact) mass is 175 g/mol. The average molecular weight is 175 g/mol. The molecule has 0 bridgehead atoms. The molecule has 2 aromatic rings. The van der Waals surface area contributed by atoms with Gasteiger partial charge in [0.15, 0.2) is 4.77 Å². The van der Waals surface area contributed by atoms with E-state index < -0.39 is 0 Å². The summed E-state index contributed by atoms with van der Waals surface area (Å²) in [5.74, 6) is 0. The van der Waals surface area contributed by atoms with Gasteiger partial charge >= 0.3 is 0 Å². The first-order valence-corrected chi connectivity index (χ1v) is 3.82. The van der Waals surface area contributed by atoms with Crippen molar-refractivity contribution in [1.29, 1.82) is 5.26 Å². The van der Waals surface area contributed by atoms with Crippen molar-refractivity contribution >= 4 is 23.3 Å². The summed E-state index contributed by atoms with van der Waals surface area (Å²) in [6, 6.07) is 7.41. The zero-order valence-electron chi connectivity index (χ0n) is 6.09. The number of aromatic nitrogens is 2. The molecule has 0 amide bonds. The van der Waals surface area contributed by atoms with Crippen molar-refractivity contribution < 1.29 is 0 Å². The molecule has 0 atom stereocenters. The molecule has 0 unspecified atom stereocenters. The smallest absolute Gasteiger partial charge is 0.175 e. The van der Waals surface area contributed by atoms with Crippen LogP contribution in [0.25, 0.3) is 11.0 Å². The topological polar surface area (TPSA) is 55.4 Å². The number of hydrogen-bond acceptors (Lipinski definition) is 2. The van der Waals surface area contributed by atoms with E-state index in [0.717, 1.165) is 11.0 Å². The highest BCUT2D eigenvalue weighted by atomic mass is 32.1. The van der Waals surface area contributed by atoms with Crippen LogP contribution < -0.4 is 0 Å². The lowest BCUT2D eigenvalue weighted by molar-refractivity contribution is 1.30. The van der Waals surface area contributed by atoms with Gasteiger partial charge in [-0.05, 0) is 30.4 Å². The molecular weight excluding hydrogens is 170 g/mol. The van der Waals surface area contributed by atoms with Gasteiger partial charge in [0, 0.05) is 0 Å². The van der Waals surface area contributed by atoms with Crippen molar-refractivity contribution in [2.24, 2.45) is 0 Å². The molecule has 0 saturated heterocycles. The lowest BCUT2D eigenvalue weighted by atomic mass is 10.2. The Morgan fingerprint density at radius 3 is 2.75 bits per heavy atom. The number of fused-ring (bicyclic) bond motifs is 1. The molecule has 4 heteroatoms. The molecule has 0 aliphatic carbocycles. The summed E-state index contributed by atoms with van der Waals surface area (Å²) in [6.07, 6.45) is 0. The molecule has 3 nitrogen and oxygen atoms in total. The van der Waals surface area contributed by atoms with Crippen LogP contribution >= 0.6 is 12.2 Å². The van der Waals surface area contributed by atoms with E-state index in [0.29, 0.717) is 10.3 Å². The van der Waals surface area contributed by atoms with Crippen LogP contribution in [0.4, 0.5) is 0 Å². The highest BCUT2D eigenvalue weighted by molar-refractivity contribution is 7.71. The van der Waals surface area contributed by atoms with Crippen molar-refractivity contribution in [3.8, 4) is 6.07 Å². The van der Waals surface area contributed by atoms with Gasteiger partial charge in [-0.1, -0.05) is 0 Å². The highest BCUT2D eigenvalue weighted by Crippen LogP contribution is 2.11. The average Bonchev–Trinajstić information content (AvgIpc) is 2.43. The molecule has 58 valence electrons. The Bertz CT molecular complexity index is 515. The van der Waals surface area contributed by atoms with E-state index in [1.54, 1.807) is 12.1 Å². The Labute approximate surface area is 73.7 Å². The zero-order chi connectivity index (χ0) is 8.55. The summed E-state index contributed by atoms with van der Waals surface area (Å²) in [7, 11) is 0. The molecule has 1 heterocycles. The molecule has 0 spiro atoms. The number of imidazole rings is 1. The summed E-state index contributed by atoms with van der Waals surface area (Å²) in [6.45, 7) is 0. The van der Waals surface area contributed by atoms with Gasteiger partial charge in [0.2, 0.25) is 0 Å². The number of nitrogens with one attached hydrogen (secondary N) is 2. The first kappa shape index (κ1) is 7.07. The summed E-state index contributed by atoms with van der Waals surface area (Å²) in [5.41, 5.74) is 2.44. The van der Waals surface area contributed by atoms with Crippen molar-refractivity contribution in [3.63, 3.8) is 0 Å². The Morgan fingerprint density at radius 1 is 1.25 bits per heavy atom. The number of aromatic amines is 2. The van der Waals surface area contributed by atoms with E-state index >= 15 is 0 Å². The maximum atomic E-state index is 8.60. The number of rotatable bonds is 0. The third-order valence-electron chi connectivity index (χ3n) is 1.65. The van der Waals surface area contributed by atoms with E-state index in [1.807, 2.05) is 6.07 Å². The molecule has 1 aromatic carbocycles. The van der Waals surface area contributed by atoms with Crippen LogP contribution in [0.3, 0.4) is 0 Å². The van der Waals surface area contributed by atoms with Crippen molar-refractivity contribution in [2.75, 3.05) is 0 Å². The quantitative estimate of drug-likeness (QED) is 0.602. The van der Waals surface area contributed by atoms with Crippen molar-refractivity contribution in [2.45, 2.75) is 0 Å². The van der Waals surface area contributed by atoms with Crippen molar-refractivity contribution in [1.82, 2.24) is 9.97 Å². The van der Waals surface area contributed by atoms with Crippen molar-refractivity contribution in [3.05, 3.63) is 28.5 Å². The zero-order valence-corrected chi connectivity index (χ0v) is 6.90. The maximum Gasteiger partial charge on any atom is 0.175 e. The number of H-pyrrole nitrogens is 2. The fourth-order valence-electron chi connectivity index (χ4n) is 1.10. The number of hydrogen-bond donors (Lipinski definition) is 2. The number of benzene rings is 1. The minimum Gasteiger partial charge on any atom is -0.331 e. The molecule has 1 aromatic heterocycles. The molecule has 0 radical (unpaired) electrons. The Kier molecular flexibility index (Phi) is 1.45. The lowest BCUT2D eigenvalue weighted by Gasteiger charge is -1.87. The third-order valence-corrected chi connectivity index (χ3v) is 1.85. The van der Waals surface area contributed by atoms with E-state index in [1.165, 1.54) is 0 Å². The van der Waals surface area contributed by atoms with E-state index in [-0.39, 0.29) is 0 Å². The number of nitrogens with zero attached hydrogens (tertiary/aromatic N) is 1. The van der Waals surface area contributed by atoms with Crippen LogP contribution in [0.5, 0.6) is 0 Å². The van der Waals surface area contributed by atoms with Crippen LogP contribution in [0.15, 0.2) is 18.2 Å². The predicted molar refractivity (Wildman–Crippen MR) is 48.2 cm³/mol. The second kappa shape index (κ2) is 2.47. The van der Waals surface area contributed by atoms with Crippen LogP contribution in [-0.4, -0.2) is 9.97 Å². The molecule has 2 rings (SSSR count). The summed E-state index contributed by atoms with van der Waals surface area (Å²) in [5, 5.41) is 8.60. The van der Waals surface area contributed by atoms with Gasteiger partial charge in [0.05, 0.1) is 22.7 Å². The fourth-order valence-corrected chi connectivity index (χ4v) is 1.32.